The maximum absolute atomic E-state index is 12.2. The van der Waals surface area contributed by atoms with Crippen LogP contribution in [0.15, 0.2) is 0 Å². The van der Waals surface area contributed by atoms with Crippen molar-refractivity contribution >= 4 is 0 Å². The minimum atomic E-state index is -4.06. The van der Waals surface area contributed by atoms with Crippen molar-refractivity contribution in [3.63, 3.8) is 0 Å². The summed E-state index contributed by atoms with van der Waals surface area (Å²) in [6.45, 7) is 3.72. The van der Waals surface area contributed by atoms with E-state index in [1.807, 2.05) is 0 Å². The number of nitrogens with zero attached hydrogens (tertiary/aromatic N) is 2. The molecule has 2 aliphatic rings. The van der Waals surface area contributed by atoms with E-state index >= 15 is 0 Å². The van der Waals surface area contributed by atoms with Gasteiger partial charge in [-0.15, -0.1) is 0 Å². The Morgan fingerprint density at radius 3 is 2.11 bits per heavy atom. The highest BCUT2D eigenvalue weighted by Gasteiger charge is 2.31. The maximum atomic E-state index is 12.2. The summed E-state index contributed by atoms with van der Waals surface area (Å²) < 4.78 is 36.7. The standard InChI is InChI=1S/C13H24F3N3/c14-13(15,16)11-19-9-7-18(8-10-19)6-5-17-12-3-1-2-4-12/h12,17H,1-11H2. The smallest absolute Gasteiger partial charge is 0.313 e. The summed E-state index contributed by atoms with van der Waals surface area (Å²) in [4.78, 5) is 3.76. The van der Waals surface area contributed by atoms with Gasteiger partial charge in [0.15, 0.2) is 0 Å². The lowest BCUT2D eigenvalue weighted by Crippen LogP contribution is -2.50. The summed E-state index contributed by atoms with van der Waals surface area (Å²) in [5.74, 6) is 0. The largest absolute Gasteiger partial charge is 0.401 e. The Kier molecular flexibility index (Phi) is 5.47. The Morgan fingerprint density at radius 1 is 0.947 bits per heavy atom. The molecule has 6 heteroatoms. The van der Waals surface area contributed by atoms with Crippen LogP contribution in [0.4, 0.5) is 13.2 Å². The van der Waals surface area contributed by atoms with Crippen LogP contribution >= 0.6 is 0 Å². The molecule has 1 saturated carbocycles. The molecule has 19 heavy (non-hydrogen) atoms. The maximum Gasteiger partial charge on any atom is 0.401 e. The summed E-state index contributed by atoms with van der Waals surface area (Å²) in [7, 11) is 0. The molecule has 0 unspecified atom stereocenters. The minimum absolute atomic E-state index is 0.531. The second-order valence-corrected chi connectivity index (χ2v) is 5.67. The van der Waals surface area contributed by atoms with E-state index in [1.165, 1.54) is 30.6 Å². The second-order valence-electron chi connectivity index (χ2n) is 5.67. The average molecular weight is 279 g/mol. The Balaban J connectivity index is 1.55. The Bertz CT molecular complexity index is 256. The fraction of sp³-hybridized carbons (Fsp3) is 1.00. The monoisotopic (exact) mass is 279 g/mol. The summed E-state index contributed by atoms with van der Waals surface area (Å²) in [5, 5.41) is 3.54. The fourth-order valence-electron chi connectivity index (χ4n) is 2.98. The quantitative estimate of drug-likeness (QED) is 0.826. The molecule has 0 aromatic rings. The van der Waals surface area contributed by atoms with Gasteiger partial charge in [-0.2, -0.15) is 13.2 Å². The van der Waals surface area contributed by atoms with Crippen molar-refractivity contribution in [2.75, 3.05) is 45.8 Å². The van der Waals surface area contributed by atoms with Gasteiger partial charge in [-0.3, -0.25) is 9.80 Å². The molecule has 0 aromatic heterocycles. The van der Waals surface area contributed by atoms with Gasteiger partial charge in [0.05, 0.1) is 6.54 Å². The first-order chi connectivity index (χ1) is 9.03. The number of alkyl halides is 3. The van der Waals surface area contributed by atoms with Crippen molar-refractivity contribution in [1.82, 2.24) is 15.1 Å². The summed E-state index contributed by atoms with van der Waals surface area (Å²) in [5.41, 5.74) is 0. The van der Waals surface area contributed by atoms with Crippen LogP contribution in [-0.4, -0.2) is 67.8 Å². The summed E-state index contributed by atoms with van der Waals surface area (Å²) in [6, 6.07) is 0.673. The number of nitrogens with one attached hydrogen (secondary N) is 1. The van der Waals surface area contributed by atoms with E-state index in [2.05, 4.69) is 10.2 Å². The van der Waals surface area contributed by atoms with Crippen LogP contribution in [0.5, 0.6) is 0 Å². The molecule has 0 spiro atoms. The zero-order valence-corrected chi connectivity index (χ0v) is 11.4. The van der Waals surface area contributed by atoms with Crippen molar-refractivity contribution in [3.8, 4) is 0 Å². The molecule has 0 atom stereocenters. The number of rotatable bonds is 5. The third kappa shape index (κ3) is 5.67. The first-order valence-electron chi connectivity index (χ1n) is 7.28. The Hall–Kier alpha value is -0.330. The third-order valence-corrected chi connectivity index (χ3v) is 4.08. The number of piperazine rings is 1. The summed E-state index contributed by atoms with van der Waals surface area (Å²) >= 11 is 0. The van der Waals surface area contributed by atoms with Gasteiger partial charge in [-0.05, 0) is 12.8 Å². The molecule has 1 aliphatic carbocycles. The summed E-state index contributed by atoms with van der Waals surface area (Å²) in [6.07, 6.45) is 1.15. The zero-order chi connectivity index (χ0) is 13.7. The average Bonchev–Trinajstić information content (AvgIpc) is 2.82. The van der Waals surface area contributed by atoms with Crippen LogP contribution in [0.2, 0.25) is 0 Å². The van der Waals surface area contributed by atoms with Gasteiger partial charge in [-0.25, -0.2) is 0 Å². The topological polar surface area (TPSA) is 18.5 Å². The number of hydrogen-bond donors (Lipinski definition) is 1. The van der Waals surface area contributed by atoms with Crippen LogP contribution < -0.4 is 5.32 Å². The molecule has 0 amide bonds. The molecule has 112 valence electrons. The van der Waals surface area contributed by atoms with Crippen LogP contribution in [0.3, 0.4) is 0 Å². The number of hydrogen-bond acceptors (Lipinski definition) is 3. The lowest BCUT2D eigenvalue weighted by molar-refractivity contribution is -0.149. The third-order valence-electron chi connectivity index (χ3n) is 4.08. The van der Waals surface area contributed by atoms with Gasteiger partial charge in [0.2, 0.25) is 0 Å². The van der Waals surface area contributed by atoms with E-state index in [0.29, 0.717) is 19.1 Å². The minimum Gasteiger partial charge on any atom is -0.313 e. The van der Waals surface area contributed by atoms with Gasteiger partial charge < -0.3 is 5.32 Å². The predicted octanol–water partition coefficient (Wildman–Crippen LogP) is 1.70. The van der Waals surface area contributed by atoms with E-state index in [9.17, 15) is 13.2 Å². The molecule has 1 aliphatic heterocycles. The van der Waals surface area contributed by atoms with Crippen LogP contribution in [0.1, 0.15) is 25.7 Å². The highest BCUT2D eigenvalue weighted by molar-refractivity contribution is 4.77. The van der Waals surface area contributed by atoms with Crippen molar-refractivity contribution in [3.05, 3.63) is 0 Å². The molecule has 1 N–H and O–H groups in total. The van der Waals surface area contributed by atoms with Gasteiger partial charge >= 0.3 is 6.18 Å². The molecule has 3 nitrogen and oxygen atoms in total. The van der Waals surface area contributed by atoms with Gasteiger partial charge in [0.1, 0.15) is 0 Å². The van der Waals surface area contributed by atoms with Crippen molar-refractivity contribution in [2.24, 2.45) is 0 Å². The zero-order valence-electron chi connectivity index (χ0n) is 11.4. The van der Waals surface area contributed by atoms with Gasteiger partial charge in [-0.1, -0.05) is 12.8 Å². The lowest BCUT2D eigenvalue weighted by Gasteiger charge is -2.35. The molecule has 0 radical (unpaired) electrons. The van der Waals surface area contributed by atoms with E-state index in [1.54, 1.807) is 0 Å². The number of halogens is 3. The lowest BCUT2D eigenvalue weighted by atomic mass is 10.2. The fourth-order valence-corrected chi connectivity index (χ4v) is 2.98. The highest BCUT2D eigenvalue weighted by atomic mass is 19.4. The van der Waals surface area contributed by atoms with E-state index in [0.717, 1.165) is 26.2 Å². The first-order valence-corrected chi connectivity index (χ1v) is 7.28. The van der Waals surface area contributed by atoms with E-state index in [4.69, 9.17) is 0 Å². The van der Waals surface area contributed by atoms with Crippen molar-refractivity contribution in [2.45, 2.75) is 37.9 Å². The first kappa shape index (κ1) is 15.1. The molecular formula is C13H24F3N3. The van der Waals surface area contributed by atoms with Crippen LogP contribution in [0.25, 0.3) is 0 Å². The van der Waals surface area contributed by atoms with Crippen LogP contribution in [0, 0.1) is 0 Å². The predicted molar refractivity (Wildman–Crippen MR) is 69.2 cm³/mol. The molecule has 1 saturated heterocycles. The molecule has 2 rings (SSSR count). The Labute approximate surface area is 113 Å². The van der Waals surface area contributed by atoms with E-state index < -0.39 is 12.7 Å². The van der Waals surface area contributed by atoms with Gasteiger partial charge in [0, 0.05) is 45.3 Å². The molecule has 2 fully saturated rings. The Morgan fingerprint density at radius 2 is 1.53 bits per heavy atom. The van der Waals surface area contributed by atoms with Gasteiger partial charge in [0.25, 0.3) is 0 Å². The molecular weight excluding hydrogens is 255 g/mol. The molecule has 0 aromatic carbocycles. The molecule has 1 heterocycles. The van der Waals surface area contributed by atoms with Crippen molar-refractivity contribution in [1.29, 1.82) is 0 Å². The SMILES string of the molecule is FC(F)(F)CN1CCN(CCNC2CCCC2)CC1. The molecule has 0 bridgehead atoms. The second kappa shape index (κ2) is 6.90. The van der Waals surface area contributed by atoms with Crippen molar-refractivity contribution < 1.29 is 13.2 Å². The highest BCUT2D eigenvalue weighted by Crippen LogP contribution is 2.18. The van der Waals surface area contributed by atoms with E-state index in [-0.39, 0.29) is 0 Å². The normalized spacial score (nSPS) is 24.2. The van der Waals surface area contributed by atoms with Crippen LogP contribution in [-0.2, 0) is 0 Å².